The minimum atomic E-state index is 1.17. The first-order valence-corrected chi connectivity index (χ1v) is 6.26. The van der Waals surface area contributed by atoms with Gasteiger partial charge in [0, 0.05) is 21.5 Å². The molecule has 1 aromatic carbocycles. The molecular formula is C17H19N. The van der Waals surface area contributed by atoms with E-state index in [-0.39, 0.29) is 0 Å². The van der Waals surface area contributed by atoms with E-state index in [9.17, 15) is 0 Å². The first-order chi connectivity index (χ1) is 8.72. The minimum absolute atomic E-state index is 1.17. The zero-order valence-corrected chi connectivity index (χ0v) is 11.2. The van der Waals surface area contributed by atoms with Crippen LogP contribution in [-0.4, -0.2) is 4.98 Å². The lowest BCUT2D eigenvalue weighted by atomic mass is 10.1. The van der Waals surface area contributed by atoms with Gasteiger partial charge in [-0.1, -0.05) is 43.0 Å². The molecule has 1 heteroatoms. The first-order valence-electron chi connectivity index (χ1n) is 6.26. The van der Waals surface area contributed by atoms with Crippen molar-refractivity contribution in [3.8, 4) is 0 Å². The molecule has 0 amide bonds. The predicted molar refractivity (Wildman–Crippen MR) is 80.7 cm³/mol. The van der Waals surface area contributed by atoms with Gasteiger partial charge in [0.25, 0.3) is 0 Å². The zero-order chi connectivity index (χ0) is 13.1. The Labute approximate surface area is 108 Å². The molecule has 92 valence electrons. The summed E-state index contributed by atoms with van der Waals surface area (Å²) >= 11 is 0. The molecule has 0 radical (unpaired) electrons. The van der Waals surface area contributed by atoms with Crippen molar-refractivity contribution in [3.63, 3.8) is 0 Å². The average Bonchev–Trinajstić information content (AvgIpc) is 2.78. The maximum Gasteiger partial charge on any atom is 0.0497 e. The molecule has 0 spiro atoms. The van der Waals surface area contributed by atoms with Crippen LogP contribution in [0.15, 0.2) is 48.6 Å². The Morgan fingerprint density at radius 2 is 1.94 bits per heavy atom. The van der Waals surface area contributed by atoms with Crippen LogP contribution in [-0.2, 0) is 0 Å². The number of aromatic nitrogens is 1. The van der Waals surface area contributed by atoms with Crippen LogP contribution in [0.1, 0.15) is 20.8 Å². The van der Waals surface area contributed by atoms with Gasteiger partial charge in [0.05, 0.1) is 0 Å². The van der Waals surface area contributed by atoms with Crippen molar-refractivity contribution in [1.82, 2.24) is 4.98 Å². The van der Waals surface area contributed by atoms with Gasteiger partial charge in [0.1, 0.15) is 0 Å². The van der Waals surface area contributed by atoms with E-state index >= 15 is 0 Å². The van der Waals surface area contributed by atoms with Gasteiger partial charge >= 0.3 is 0 Å². The van der Waals surface area contributed by atoms with Crippen molar-refractivity contribution in [2.24, 2.45) is 0 Å². The molecule has 0 aliphatic heterocycles. The fraction of sp³-hybridized carbons (Fsp3) is 0.176. The van der Waals surface area contributed by atoms with E-state index in [4.69, 9.17) is 0 Å². The molecule has 0 fully saturated rings. The summed E-state index contributed by atoms with van der Waals surface area (Å²) in [5, 5.41) is 3.73. The monoisotopic (exact) mass is 237 g/mol. The number of aromatic amines is 1. The van der Waals surface area contributed by atoms with Crippen LogP contribution in [0.2, 0.25) is 0 Å². The van der Waals surface area contributed by atoms with Gasteiger partial charge in [-0.2, -0.15) is 0 Å². The van der Waals surface area contributed by atoms with E-state index in [1.807, 2.05) is 13.0 Å². The fourth-order valence-electron chi connectivity index (χ4n) is 2.39. The number of fused-ring (bicyclic) bond motifs is 1. The number of hydrogen-bond donors (Lipinski definition) is 1. The molecule has 0 atom stereocenters. The van der Waals surface area contributed by atoms with Gasteiger partial charge in [0.15, 0.2) is 0 Å². The highest BCUT2D eigenvalue weighted by atomic mass is 14.7. The summed E-state index contributed by atoms with van der Waals surface area (Å²) in [4.78, 5) is 3.51. The number of allylic oxidation sites excluding steroid dienone is 3. The molecule has 0 bridgehead atoms. The highest BCUT2D eigenvalue weighted by Gasteiger charge is 2.02. The van der Waals surface area contributed by atoms with Gasteiger partial charge in [-0.3, -0.25) is 0 Å². The molecule has 18 heavy (non-hydrogen) atoms. The minimum Gasteiger partial charge on any atom is -0.354 e. The molecule has 1 nitrogen and oxygen atoms in total. The maximum atomic E-state index is 3.87. The van der Waals surface area contributed by atoms with Crippen LogP contribution in [0, 0.1) is 0 Å². The zero-order valence-electron chi connectivity index (χ0n) is 11.2. The SMILES string of the molecule is C=CC(=C\C)/C(C)=c1\[nH]c2ccccc2\c1=C\C. The number of nitrogens with one attached hydrogen (secondary N) is 1. The Hall–Kier alpha value is -2.02. The second kappa shape index (κ2) is 5.09. The molecule has 1 aromatic heterocycles. The first kappa shape index (κ1) is 12.4. The van der Waals surface area contributed by atoms with E-state index in [1.54, 1.807) is 0 Å². The molecule has 2 aromatic rings. The fourth-order valence-corrected chi connectivity index (χ4v) is 2.39. The third-order valence-electron chi connectivity index (χ3n) is 3.37. The van der Waals surface area contributed by atoms with Crippen molar-refractivity contribution in [1.29, 1.82) is 0 Å². The maximum absolute atomic E-state index is 3.87. The van der Waals surface area contributed by atoms with Crippen LogP contribution in [0.5, 0.6) is 0 Å². The smallest absolute Gasteiger partial charge is 0.0497 e. The van der Waals surface area contributed by atoms with Gasteiger partial charge < -0.3 is 4.98 Å². The number of H-pyrrole nitrogens is 1. The van der Waals surface area contributed by atoms with E-state index in [2.05, 4.69) is 61.8 Å². The van der Waals surface area contributed by atoms with E-state index in [1.165, 1.54) is 32.6 Å². The Balaban J connectivity index is 2.96. The summed E-state index contributed by atoms with van der Waals surface area (Å²) < 4.78 is 0. The average molecular weight is 237 g/mol. The van der Waals surface area contributed by atoms with Crippen molar-refractivity contribution in [2.45, 2.75) is 20.8 Å². The van der Waals surface area contributed by atoms with Gasteiger partial charge in [0.2, 0.25) is 0 Å². The molecule has 0 aliphatic rings. The van der Waals surface area contributed by atoms with Crippen molar-refractivity contribution >= 4 is 22.6 Å². The summed E-state index contributed by atoms with van der Waals surface area (Å²) in [5.41, 5.74) is 3.58. The van der Waals surface area contributed by atoms with Crippen LogP contribution < -0.4 is 10.6 Å². The summed E-state index contributed by atoms with van der Waals surface area (Å²) in [6, 6.07) is 8.40. The summed E-state index contributed by atoms with van der Waals surface area (Å²) in [7, 11) is 0. The number of rotatable bonds is 2. The number of para-hydroxylation sites is 1. The topological polar surface area (TPSA) is 15.8 Å². The second-order valence-corrected chi connectivity index (χ2v) is 4.32. The quantitative estimate of drug-likeness (QED) is 0.772. The third-order valence-corrected chi connectivity index (χ3v) is 3.37. The molecular weight excluding hydrogens is 218 g/mol. The summed E-state index contributed by atoms with van der Waals surface area (Å²) in [6.07, 6.45) is 6.15. The van der Waals surface area contributed by atoms with E-state index in [0.29, 0.717) is 0 Å². The second-order valence-electron chi connectivity index (χ2n) is 4.32. The van der Waals surface area contributed by atoms with Gasteiger partial charge in [-0.15, -0.1) is 0 Å². The van der Waals surface area contributed by atoms with Crippen LogP contribution in [0.4, 0.5) is 0 Å². The molecule has 1 N–H and O–H groups in total. The lowest BCUT2D eigenvalue weighted by Gasteiger charge is -1.99. The lowest BCUT2D eigenvalue weighted by molar-refractivity contribution is 1.31. The number of benzene rings is 1. The van der Waals surface area contributed by atoms with Crippen molar-refractivity contribution < 1.29 is 0 Å². The molecule has 0 saturated carbocycles. The molecule has 0 aliphatic carbocycles. The van der Waals surface area contributed by atoms with Crippen molar-refractivity contribution in [2.75, 3.05) is 0 Å². The molecule has 1 heterocycles. The Kier molecular flexibility index (Phi) is 3.52. The Morgan fingerprint density at radius 3 is 2.56 bits per heavy atom. The summed E-state index contributed by atoms with van der Waals surface area (Å²) in [6.45, 7) is 10.1. The van der Waals surface area contributed by atoms with Crippen LogP contribution in [0.3, 0.4) is 0 Å². The number of hydrogen-bond acceptors (Lipinski definition) is 0. The van der Waals surface area contributed by atoms with E-state index in [0.717, 1.165) is 0 Å². The summed E-state index contributed by atoms with van der Waals surface area (Å²) in [5.74, 6) is 0. The highest BCUT2D eigenvalue weighted by Crippen LogP contribution is 2.10. The largest absolute Gasteiger partial charge is 0.354 e. The van der Waals surface area contributed by atoms with Crippen molar-refractivity contribution in [3.05, 3.63) is 59.1 Å². The van der Waals surface area contributed by atoms with E-state index < -0.39 is 0 Å². The lowest BCUT2D eigenvalue weighted by Crippen LogP contribution is -2.25. The van der Waals surface area contributed by atoms with Crippen LogP contribution in [0.25, 0.3) is 22.6 Å². The van der Waals surface area contributed by atoms with Crippen LogP contribution >= 0.6 is 0 Å². The Bertz CT molecular complexity index is 727. The third kappa shape index (κ3) is 1.92. The molecule has 0 saturated heterocycles. The molecule has 0 unspecified atom stereocenters. The van der Waals surface area contributed by atoms with Gasteiger partial charge in [-0.05, 0) is 38.0 Å². The standard InChI is InChI=1S/C17H19N/c1-5-13(6-2)12(4)17-14(7-3)15-10-8-9-11-16(15)18-17/h5-11,18H,1H2,2-4H3/b13-6+,14-7-,17-12-. The van der Waals surface area contributed by atoms with Gasteiger partial charge in [-0.25, -0.2) is 0 Å². The predicted octanol–water partition coefficient (Wildman–Crippen LogP) is 3.27. The molecule has 2 rings (SSSR count). The highest BCUT2D eigenvalue weighted by molar-refractivity contribution is 5.82. The normalized spacial score (nSPS) is 15.1. The Morgan fingerprint density at radius 1 is 1.22 bits per heavy atom.